The Morgan fingerprint density at radius 3 is 2.81 bits per heavy atom. The van der Waals surface area contributed by atoms with Gasteiger partial charge in [-0.2, -0.15) is 0 Å². The highest BCUT2D eigenvalue weighted by Crippen LogP contribution is 2.30. The molecule has 2 heterocycles. The number of rotatable bonds is 8. The van der Waals surface area contributed by atoms with E-state index >= 15 is 0 Å². The summed E-state index contributed by atoms with van der Waals surface area (Å²) in [6, 6.07) is 15.6. The van der Waals surface area contributed by atoms with E-state index in [-0.39, 0.29) is 17.6 Å². The number of nitrogens with one attached hydrogen (secondary N) is 1. The monoisotopic (exact) mass is 510 g/mol. The van der Waals surface area contributed by atoms with Crippen LogP contribution in [0.3, 0.4) is 0 Å². The van der Waals surface area contributed by atoms with E-state index in [1.807, 2.05) is 53.1 Å². The molecule has 1 N–H and O–H groups in total. The van der Waals surface area contributed by atoms with Gasteiger partial charge in [0.25, 0.3) is 0 Å². The van der Waals surface area contributed by atoms with Crippen molar-refractivity contribution in [2.24, 2.45) is 0 Å². The second-order valence-corrected chi connectivity index (χ2v) is 9.44. The maximum absolute atomic E-state index is 12.7. The van der Waals surface area contributed by atoms with Crippen LogP contribution in [-0.4, -0.2) is 26.4 Å². The van der Waals surface area contributed by atoms with Gasteiger partial charge in [0.15, 0.2) is 10.9 Å². The lowest BCUT2D eigenvalue weighted by Crippen LogP contribution is -2.16. The quantitative estimate of drug-likeness (QED) is 0.216. The first kappa shape index (κ1) is 22.4. The molecule has 8 heteroatoms. The van der Waals surface area contributed by atoms with Crippen LogP contribution in [0.1, 0.15) is 25.3 Å². The SMILES string of the molecule is C=CCn1c(SCC(=O)Nc2ccc(Br)cc2C(C)C)nnc1-c1cc2ccccc2o1. The van der Waals surface area contributed by atoms with Crippen molar-refractivity contribution in [2.45, 2.75) is 31.5 Å². The summed E-state index contributed by atoms with van der Waals surface area (Å²) in [4.78, 5) is 12.7. The number of nitrogens with zero attached hydrogens (tertiary/aromatic N) is 3. The second-order valence-electron chi connectivity index (χ2n) is 7.58. The number of halogens is 1. The molecule has 0 bridgehead atoms. The first-order chi connectivity index (χ1) is 15.5. The molecule has 0 aliphatic rings. The highest BCUT2D eigenvalue weighted by Gasteiger charge is 2.18. The van der Waals surface area contributed by atoms with Crippen molar-refractivity contribution in [3.63, 3.8) is 0 Å². The van der Waals surface area contributed by atoms with Crippen molar-refractivity contribution in [3.05, 3.63) is 71.2 Å². The van der Waals surface area contributed by atoms with Crippen LogP contribution in [0.25, 0.3) is 22.6 Å². The Morgan fingerprint density at radius 2 is 2.06 bits per heavy atom. The number of hydrogen-bond donors (Lipinski definition) is 1. The zero-order valence-corrected chi connectivity index (χ0v) is 20.2. The van der Waals surface area contributed by atoms with Gasteiger partial charge in [-0.3, -0.25) is 9.36 Å². The predicted molar refractivity (Wildman–Crippen MR) is 133 cm³/mol. The molecule has 0 aliphatic heterocycles. The van der Waals surface area contributed by atoms with Crippen LogP contribution < -0.4 is 5.32 Å². The molecule has 4 aromatic rings. The number of benzene rings is 2. The van der Waals surface area contributed by atoms with Crippen LogP contribution in [0, 0.1) is 0 Å². The Bertz CT molecular complexity index is 1250. The Labute approximate surface area is 199 Å². The van der Waals surface area contributed by atoms with Crippen LogP contribution in [0.2, 0.25) is 0 Å². The number of aromatic nitrogens is 3. The largest absolute Gasteiger partial charge is 0.453 e. The number of carbonyl (C=O) groups excluding carboxylic acids is 1. The normalized spacial score (nSPS) is 11.2. The smallest absolute Gasteiger partial charge is 0.234 e. The number of fused-ring (bicyclic) bond motifs is 1. The van der Waals surface area contributed by atoms with Crippen molar-refractivity contribution in [3.8, 4) is 11.6 Å². The Balaban J connectivity index is 1.51. The first-order valence-corrected chi connectivity index (χ1v) is 12.0. The van der Waals surface area contributed by atoms with E-state index in [0.717, 1.165) is 26.7 Å². The van der Waals surface area contributed by atoms with E-state index in [1.165, 1.54) is 11.8 Å². The van der Waals surface area contributed by atoms with Gasteiger partial charge < -0.3 is 9.73 Å². The minimum Gasteiger partial charge on any atom is -0.453 e. The van der Waals surface area contributed by atoms with E-state index in [2.05, 4.69) is 51.9 Å². The van der Waals surface area contributed by atoms with Gasteiger partial charge in [-0.1, -0.05) is 65.8 Å². The second kappa shape index (κ2) is 9.75. The number of allylic oxidation sites excluding steroid dienone is 1. The van der Waals surface area contributed by atoms with Gasteiger partial charge in [-0.25, -0.2) is 0 Å². The van der Waals surface area contributed by atoms with E-state index in [0.29, 0.717) is 23.3 Å². The minimum absolute atomic E-state index is 0.0994. The van der Waals surface area contributed by atoms with Crippen molar-refractivity contribution < 1.29 is 9.21 Å². The zero-order chi connectivity index (χ0) is 22.7. The van der Waals surface area contributed by atoms with Crippen molar-refractivity contribution in [1.82, 2.24) is 14.8 Å². The molecule has 0 atom stereocenters. The molecule has 6 nitrogen and oxygen atoms in total. The molecule has 2 aromatic heterocycles. The maximum atomic E-state index is 12.7. The number of hydrogen-bond acceptors (Lipinski definition) is 5. The lowest BCUT2D eigenvalue weighted by atomic mass is 10.0. The number of amides is 1. The van der Waals surface area contributed by atoms with Crippen LogP contribution >= 0.6 is 27.7 Å². The van der Waals surface area contributed by atoms with E-state index in [1.54, 1.807) is 6.08 Å². The Kier molecular flexibility index (Phi) is 6.81. The molecule has 0 saturated heterocycles. The van der Waals surface area contributed by atoms with E-state index in [9.17, 15) is 4.79 Å². The number of furan rings is 1. The standard InChI is InChI=1S/C24H23BrN4O2S/c1-4-11-29-23(21-12-16-7-5-6-8-20(16)31-21)27-28-24(29)32-14-22(30)26-19-10-9-17(25)13-18(19)15(2)3/h4-10,12-13,15H,1,11,14H2,2-3H3,(H,26,30). The number of anilines is 1. The van der Waals surface area contributed by atoms with Gasteiger partial charge in [-0.05, 0) is 41.8 Å². The minimum atomic E-state index is -0.0994. The summed E-state index contributed by atoms with van der Waals surface area (Å²) in [5, 5.41) is 13.3. The topological polar surface area (TPSA) is 73.0 Å². The van der Waals surface area contributed by atoms with E-state index in [4.69, 9.17) is 4.42 Å². The average Bonchev–Trinajstić information content (AvgIpc) is 3.37. The molecular formula is C24H23BrN4O2S. The highest BCUT2D eigenvalue weighted by atomic mass is 79.9. The van der Waals surface area contributed by atoms with Crippen LogP contribution in [0.15, 0.2) is 75.2 Å². The summed E-state index contributed by atoms with van der Waals surface area (Å²) in [7, 11) is 0. The van der Waals surface area contributed by atoms with Gasteiger partial charge in [0.05, 0.1) is 5.75 Å². The third-order valence-electron chi connectivity index (χ3n) is 4.92. The van der Waals surface area contributed by atoms with Crippen molar-refractivity contribution in [1.29, 1.82) is 0 Å². The van der Waals surface area contributed by atoms with Crippen LogP contribution in [0.5, 0.6) is 0 Å². The fourth-order valence-electron chi connectivity index (χ4n) is 3.40. The number of thioether (sulfide) groups is 1. The molecule has 0 aliphatic carbocycles. The van der Waals surface area contributed by atoms with Crippen molar-refractivity contribution >= 4 is 50.3 Å². The van der Waals surface area contributed by atoms with Gasteiger partial charge in [0.2, 0.25) is 11.7 Å². The fourth-order valence-corrected chi connectivity index (χ4v) is 4.53. The summed E-state index contributed by atoms with van der Waals surface area (Å²) in [5.74, 6) is 1.64. The fraction of sp³-hybridized carbons (Fsp3) is 0.208. The van der Waals surface area contributed by atoms with Gasteiger partial charge in [-0.15, -0.1) is 16.8 Å². The molecule has 0 saturated carbocycles. The number of para-hydroxylation sites is 1. The van der Waals surface area contributed by atoms with Gasteiger partial charge >= 0.3 is 0 Å². The summed E-state index contributed by atoms with van der Waals surface area (Å²) >= 11 is 4.83. The Morgan fingerprint density at radius 1 is 1.25 bits per heavy atom. The molecule has 1 amide bonds. The third-order valence-corrected chi connectivity index (χ3v) is 6.38. The summed E-state index contributed by atoms with van der Waals surface area (Å²) in [6.07, 6.45) is 1.77. The lowest BCUT2D eigenvalue weighted by molar-refractivity contribution is -0.113. The molecule has 32 heavy (non-hydrogen) atoms. The van der Waals surface area contributed by atoms with Gasteiger partial charge in [0, 0.05) is 22.1 Å². The van der Waals surface area contributed by atoms with Crippen molar-refractivity contribution in [2.75, 3.05) is 11.1 Å². The summed E-state index contributed by atoms with van der Waals surface area (Å²) in [5.41, 5.74) is 2.70. The molecule has 4 rings (SSSR count). The summed E-state index contributed by atoms with van der Waals surface area (Å²) < 4.78 is 8.85. The Hall–Kier alpha value is -2.84. The average molecular weight is 511 g/mol. The number of carbonyl (C=O) groups is 1. The molecule has 0 fully saturated rings. The van der Waals surface area contributed by atoms with Gasteiger partial charge in [0.1, 0.15) is 5.58 Å². The molecule has 164 valence electrons. The predicted octanol–water partition coefficient (Wildman–Crippen LogP) is 6.49. The van der Waals surface area contributed by atoms with E-state index < -0.39 is 0 Å². The third kappa shape index (κ3) is 4.81. The molecule has 0 spiro atoms. The van der Waals surface area contributed by atoms with Crippen LogP contribution in [0.4, 0.5) is 5.69 Å². The zero-order valence-electron chi connectivity index (χ0n) is 17.8. The molecule has 0 unspecified atom stereocenters. The molecule has 0 radical (unpaired) electrons. The lowest BCUT2D eigenvalue weighted by Gasteiger charge is -2.14. The summed E-state index contributed by atoms with van der Waals surface area (Å²) in [6.45, 7) is 8.55. The molecular weight excluding hydrogens is 488 g/mol. The highest BCUT2D eigenvalue weighted by molar-refractivity contribution is 9.10. The molecule has 2 aromatic carbocycles. The maximum Gasteiger partial charge on any atom is 0.234 e. The first-order valence-electron chi connectivity index (χ1n) is 10.2. The van der Waals surface area contributed by atoms with Crippen LogP contribution in [-0.2, 0) is 11.3 Å².